The van der Waals surface area contributed by atoms with Crippen molar-refractivity contribution >= 4 is 63.4 Å². The molecule has 4 fully saturated rings. The van der Waals surface area contributed by atoms with Gasteiger partial charge in [-0.2, -0.15) is 5.10 Å². The highest BCUT2D eigenvalue weighted by molar-refractivity contribution is 6.35. The van der Waals surface area contributed by atoms with Gasteiger partial charge in [0.1, 0.15) is 35.9 Å². The number of halogens is 6. The van der Waals surface area contributed by atoms with Crippen LogP contribution in [0.5, 0.6) is 5.75 Å². The number of fused-ring (bicyclic) bond motifs is 3. The Morgan fingerprint density at radius 2 is 0.916 bits per heavy atom. The van der Waals surface area contributed by atoms with Crippen molar-refractivity contribution in [1.82, 2.24) is 57.9 Å². The summed E-state index contributed by atoms with van der Waals surface area (Å²) in [6.07, 6.45) is 14.2. The van der Waals surface area contributed by atoms with Crippen molar-refractivity contribution in [2.24, 2.45) is 11.7 Å². The van der Waals surface area contributed by atoms with Crippen molar-refractivity contribution < 1.29 is 40.7 Å². The topological polar surface area (TPSA) is 276 Å². The predicted molar refractivity (Wildman–Crippen MR) is 349 cm³/mol. The lowest BCUT2D eigenvalue weighted by atomic mass is 10.1. The number of primary amides is 1. The summed E-state index contributed by atoms with van der Waals surface area (Å²) < 4.78 is 64.1. The quantitative estimate of drug-likeness (QED) is 0.0903. The molecule has 4 saturated carbocycles. The molecule has 9 heterocycles. The second kappa shape index (κ2) is 29.6. The molecule has 0 unspecified atom stereocenters. The number of alkyl halides is 6. The highest BCUT2D eigenvalue weighted by atomic mass is 35.5. The lowest BCUT2D eigenvalue weighted by Crippen LogP contribution is -2.21. The van der Waals surface area contributed by atoms with E-state index in [0.29, 0.717) is 69.8 Å². The van der Waals surface area contributed by atoms with Crippen LogP contribution in [0.3, 0.4) is 0 Å². The Labute approximate surface area is 554 Å². The monoisotopic (exact) mass is 1360 g/mol. The number of pyridine rings is 3. The average Bonchev–Trinajstić information content (AvgIpc) is 1.69. The number of nitrogens with zero attached hydrogens (tertiary/aromatic N) is 11. The maximum absolute atomic E-state index is 12.7. The largest absolute Gasteiger partial charge is 0.573 e. The highest BCUT2D eigenvalue weighted by Gasteiger charge is 2.32. The minimum Gasteiger partial charge on any atom is -0.448 e. The van der Waals surface area contributed by atoms with Crippen LogP contribution in [0.1, 0.15) is 115 Å². The SMILES string of the molecule is Cc1ccc(-c2ccc3n[nH]c(=O)n3c2)cc1.Cc1ccc(-c2ccc3nn(Cc4coc(C5CC5)n4)c(=O)n3c2)cc1.ClCc1coc(C2CC2)n1.NC(=O)C1CC1.O=C(CCl)CCl.O=c1n(Cc2coc(C3CC3)n2)nc2ccc(-c3ccc(OC(F)(F)F)cc3)cn12. The molecular formula is C67H63Cl3F3N13O9. The van der Waals surface area contributed by atoms with Crippen LogP contribution in [0.4, 0.5) is 13.2 Å². The summed E-state index contributed by atoms with van der Waals surface area (Å²) in [5.74, 6) is 3.97. The van der Waals surface area contributed by atoms with E-state index in [0.717, 1.165) is 83.9 Å². The summed E-state index contributed by atoms with van der Waals surface area (Å²) >= 11 is 15.6. The number of aromatic amines is 1. The summed E-state index contributed by atoms with van der Waals surface area (Å²) in [7, 11) is 0. The standard InChI is InChI=1S/C20H15F3N4O3.C20H18N4O2.C13H11N3O.C7H8ClNO.C4H7NO.C3H4Cl2O/c21-20(22,23)30-16-6-3-12(4-7-16)14-5-8-17-25-27(19(28)26(17)9-14)10-15-11-29-18(24-15)13-1-2-13;1-13-2-4-14(5-3-13)16-8-9-18-22-24(20(25)23(18)10-16)11-17-12-26-19(21-17)15-6-7-15;1-9-2-4-10(5-3-9)11-6-7-12-14-15-13(17)16(12)8-11;8-3-6-4-10-7(9-6)5-1-2-5;5-4(6)3-1-2-3;4-1-3(6)2-5/h3-9,11,13H,1-2,10H2;2-5,8-10,12,15H,6-7,11H2,1H3;2-8H,1H3,(H,15,17);4-5H,1-3H2;3H,1-2H2,(H2,5,6);1-2H2. The zero-order valence-corrected chi connectivity index (χ0v) is 53.6. The molecule has 28 heteroatoms. The highest BCUT2D eigenvalue weighted by Crippen LogP contribution is 2.41. The first-order valence-corrected chi connectivity index (χ1v) is 32.0. The number of aryl methyl sites for hydroxylation is 2. The number of rotatable bonds is 15. The average molecular weight is 1360 g/mol. The molecule has 0 aliphatic heterocycles. The zero-order chi connectivity index (χ0) is 66.9. The van der Waals surface area contributed by atoms with E-state index in [2.05, 4.69) is 83.4 Å². The Morgan fingerprint density at radius 1 is 0.537 bits per heavy atom. The summed E-state index contributed by atoms with van der Waals surface area (Å²) in [5.41, 5.74) is 15.9. The molecule has 9 aromatic heterocycles. The number of H-pyrrole nitrogens is 1. The van der Waals surface area contributed by atoms with Gasteiger partial charge in [0.2, 0.25) is 5.91 Å². The van der Waals surface area contributed by atoms with Crippen LogP contribution in [0.15, 0.2) is 174 Å². The number of amides is 1. The van der Waals surface area contributed by atoms with Crippen molar-refractivity contribution in [1.29, 1.82) is 0 Å². The molecule has 0 radical (unpaired) electrons. The lowest BCUT2D eigenvalue weighted by molar-refractivity contribution is -0.274. The number of nitrogens with two attached hydrogens (primary N) is 1. The van der Waals surface area contributed by atoms with E-state index in [-0.39, 0.29) is 58.7 Å². The summed E-state index contributed by atoms with van der Waals surface area (Å²) in [4.78, 5) is 69.9. The van der Waals surface area contributed by atoms with Gasteiger partial charge in [-0.15, -0.1) is 58.2 Å². The molecule has 492 valence electrons. The fourth-order valence-corrected chi connectivity index (χ4v) is 9.85. The number of Topliss-reactive ketones (excluding diaryl/α,β-unsaturated/α-hetero) is 1. The Kier molecular flexibility index (Phi) is 20.8. The minimum absolute atomic E-state index is 0.0312. The summed E-state index contributed by atoms with van der Waals surface area (Å²) in [6, 6.07) is 32.9. The van der Waals surface area contributed by atoms with Crippen molar-refractivity contribution in [3.05, 3.63) is 224 Å². The van der Waals surface area contributed by atoms with Crippen LogP contribution in [0, 0.1) is 19.8 Å². The molecule has 16 rings (SSSR count). The second-order valence-corrected chi connectivity index (χ2v) is 23.9. The molecule has 95 heavy (non-hydrogen) atoms. The Hall–Kier alpha value is -9.85. The van der Waals surface area contributed by atoms with Crippen LogP contribution in [-0.4, -0.2) is 87.7 Å². The van der Waals surface area contributed by atoms with Crippen LogP contribution < -0.4 is 27.5 Å². The molecule has 1 amide bonds. The van der Waals surface area contributed by atoms with Gasteiger partial charge in [-0.25, -0.2) is 57.0 Å². The normalized spacial score (nSPS) is 14.1. The Balaban J connectivity index is 0.000000127. The summed E-state index contributed by atoms with van der Waals surface area (Å²) in [6.45, 7) is 4.61. The van der Waals surface area contributed by atoms with Crippen LogP contribution in [0.2, 0.25) is 0 Å². The third-order valence-corrected chi connectivity index (χ3v) is 16.2. The first-order chi connectivity index (χ1) is 45.8. The molecule has 12 aromatic rings. The van der Waals surface area contributed by atoms with E-state index in [1.54, 1.807) is 47.7 Å². The maximum atomic E-state index is 12.7. The van der Waals surface area contributed by atoms with Crippen molar-refractivity contribution in [2.75, 3.05) is 11.8 Å². The van der Waals surface area contributed by atoms with Crippen LogP contribution in [-0.2, 0) is 28.6 Å². The zero-order valence-electron chi connectivity index (χ0n) is 51.3. The Morgan fingerprint density at radius 3 is 1.26 bits per heavy atom. The first kappa shape index (κ1) is 66.6. The third kappa shape index (κ3) is 17.9. The van der Waals surface area contributed by atoms with Crippen LogP contribution in [0.25, 0.3) is 50.3 Å². The van der Waals surface area contributed by atoms with Crippen molar-refractivity contribution in [3.63, 3.8) is 0 Å². The van der Waals surface area contributed by atoms with Gasteiger partial charge in [0.25, 0.3) is 0 Å². The number of oxazole rings is 3. The van der Waals surface area contributed by atoms with E-state index in [1.165, 1.54) is 66.4 Å². The fourth-order valence-electron chi connectivity index (χ4n) is 9.44. The maximum Gasteiger partial charge on any atom is 0.573 e. The van der Waals surface area contributed by atoms with Gasteiger partial charge in [0.05, 0.1) is 36.4 Å². The van der Waals surface area contributed by atoms with Gasteiger partial charge in [-0.1, -0.05) is 71.8 Å². The van der Waals surface area contributed by atoms with E-state index < -0.39 is 6.36 Å². The van der Waals surface area contributed by atoms with Gasteiger partial charge < -0.3 is 23.7 Å². The molecule has 0 saturated heterocycles. The molecule has 4 aliphatic carbocycles. The lowest BCUT2D eigenvalue weighted by Gasteiger charge is -2.09. The molecule has 0 atom stereocenters. The number of carbonyl (C=O) groups is 2. The van der Waals surface area contributed by atoms with Gasteiger partial charge >= 0.3 is 23.4 Å². The van der Waals surface area contributed by atoms with Crippen LogP contribution >= 0.6 is 34.8 Å². The molecule has 0 spiro atoms. The van der Waals surface area contributed by atoms with Crippen molar-refractivity contribution in [3.8, 4) is 39.1 Å². The molecule has 3 aromatic carbocycles. The molecular weight excluding hydrogens is 1290 g/mol. The number of hydrogen-bond donors (Lipinski definition) is 2. The van der Waals surface area contributed by atoms with Gasteiger partial charge in [0, 0.05) is 42.3 Å². The van der Waals surface area contributed by atoms with Gasteiger partial charge in [0.15, 0.2) is 40.4 Å². The number of ketones is 1. The number of nitrogens with one attached hydrogen (secondary N) is 1. The number of aromatic nitrogens is 12. The van der Waals surface area contributed by atoms with Gasteiger partial charge in [-0.3, -0.25) is 9.59 Å². The first-order valence-electron chi connectivity index (χ1n) is 30.4. The molecule has 3 N–H and O–H groups in total. The number of benzene rings is 3. The minimum atomic E-state index is -4.74. The fraction of sp³-hybridized carbons (Fsp3) is 0.299. The van der Waals surface area contributed by atoms with E-state index >= 15 is 0 Å². The van der Waals surface area contributed by atoms with Crippen molar-refractivity contribution in [2.45, 2.75) is 108 Å². The third-order valence-electron chi connectivity index (χ3n) is 15.3. The molecule has 22 nitrogen and oxygen atoms in total. The second-order valence-electron chi connectivity index (χ2n) is 23.1. The van der Waals surface area contributed by atoms with E-state index in [1.807, 2.05) is 49.5 Å². The predicted octanol–water partition coefficient (Wildman–Crippen LogP) is 12.6. The van der Waals surface area contributed by atoms with E-state index in [4.69, 9.17) is 53.8 Å². The van der Waals surface area contributed by atoms with Gasteiger partial charge in [-0.05, 0) is 147 Å². The Bertz CT molecular complexity index is 4790. The number of hydrogen-bond acceptors (Lipinski definition) is 15. The molecule has 0 bridgehead atoms. The van der Waals surface area contributed by atoms with E-state index in [9.17, 15) is 37.1 Å². The summed E-state index contributed by atoms with van der Waals surface area (Å²) in [5, 5.41) is 15.0. The molecule has 4 aliphatic rings. The number of carbonyl (C=O) groups excluding carboxylic acids is 2. The smallest absolute Gasteiger partial charge is 0.448 e. The number of ether oxygens (including phenoxy) is 1.